The van der Waals surface area contributed by atoms with Gasteiger partial charge in [-0.25, -0.2) is 4.98 Å². The Balaban J connectivity index is 2.19. The second kappa shape index (κ2) is 8.93. The number of carbonyl (C=O) groups excluding carboxylic acids is 1. The van der Waals surface area contributed by atoms with Crippen LogP contribution in [0, 0.1) is 0 Å². The van der Waals surface area contributed by atoms with Crippen LogP contribution < -0.4 is 5.32 Å². The van der Waals surface area contributed by atoms with Crippen LogP contribution in [0.2, 0.25) is 0 Å². The number of aromatic amines is 1. The average molecular weight is 272 g/mol. The lowest BCUT2D eigenvalue weighted by Gasteiger charge is -2.01. The normalized spacial score (nSPS) is 10.6. The highest BCUT2D eigenvalue weighted by atomic mass is 32.2. The molecule has 0 aromatic carbocycles. The molecule has 7 heteroatoms. The van der Waals surface area contributed by atoms with Gasteiger partial charge >= 0.3 is 0 Å². The number of nitrogens with one attached hydrogen (secondary N) is 2. The van der Waals surface area contributed by atoms with E-state index < -0.39 is 0 Å². The molecule has 0 bridgehead atoms. The van der Waals surface area contributed by atoms with E-state index in [1.807, 2.05) is 6.92 Å². The number of nitrogens with zero attached hydrogens (tertiary/aromatic N) is 2. The van der Waals surface area contributed by atoms with Gasteiger partial charge in [-0.1, -0.05) is 6.92 Å². The molecule has 1 aromatic rings. The van der Waals surface area contributed by atoms with Gasteiger partial charge in [-0.05, 0) is 18.6 Å². The fraction of sp³-hybridized carbons (Fsp3) is 0.727. The van der Waals surface area contributed by atoms with Crippen molar-refractivity contribution in [2.75, 3.05) is 24.7 Å². The third-order valence-electron chi connectivity index (χ3n) is 2.20. The van der Waals surface area contributed by atoms with Crippen molar-refractivity contribution in [3.8, 4) is 0 Å². The van der Waals surface area contributed by atoms with Gasteiger partial charge in [0.2, 0.25) is 5.82 Å². The molecule has 1 amide bonds. The molecule has 0 unspecified atom stereocenters. The minimum atomic E-state index is -0.239. The molecule has 1 rings (SSSR count). The van der Waals surface area contributed by atoms with Crippen LogP contribution in [0.15, 0.2) is 0 Å². The number of hydrogen-bond acceptors (Lipinski definition) is 5. The molecule has 0 atom stereocenters. The van der Waals surface area contributed by atoms with Gasteiger partial charge in [-0.2, -0.15) is 11.8 Å². The number of hydrogen-bond donors (Lipinski definition) is 3. The maximum atomic E-state index is 11.6. The number of aromatic nitrogens is 3. The highest BCUT2D eigenvalue weighted by molar-refractivity contribution is 7.99. The minimum absolute atomic E-state index is 0.207. The van der Waals surface area contributed by atoms with Crippen LogP contribution in [0.4, 0.5) is 0 Å². The van der Waals surface area contributed by atoms with Gasteiger partial charge in [0, 0.05) is 25.3 Å². The Kier molecular flexibility index (Phi) is 7.43. The molecular weight excluding hydrogens is 252 g/mol. The zero-order chi connectivity index (χ0) is 13.2. The van der Waals surface area contributed by atoms with Crippen molar-refractivity contribution in [2.45, 2.75) is 26.2 Å². The lowest BCUT2D eigenvalue weighted by molar-refractivity contribution is 0.0946. The molecule has 0 aliphatic heterocycles. The van der Waals surface area contributed by atoms with Crippen molar-refractivity contribution in [2.24, 2.45) is 0 Å². The van der Waals surface area contributed by atoms with Crippen LogP contribution in [-0.4, -0.2) is 50.9 Å². The number of H-pyrrole nitrogens is 1. The molecule has 0 radical (unpaired) electrons. The summed E-state index contributed by atoms with van der Waals surface area (Å²) in [6, 6.07) is 0. The second-order valence-electron chi connectivity index (χ2n) is 3.80. The molecule has 0 saturated carbocycles. The number of carbonyl (C=O) groups is 1. The Morgan fingerprint density at radius 2 is 2.33 bits per heavy atom. The molecule has 0 aliphatic carbocycles. The van der Waals surface area contributed by atoms with Gasteiger partial charge in [0.1, 0.15) is 5.82 Å². The van der Waals surface area contributed by atoms with Crippen molar-refractivity contribution in [3.63, 3.8) is 0 Å². The van der Waals surface area contributed by atoms with Crippen LogP contribution in [0.25, 0.3) is 0 Å². The second-order valence-corrected chi connectivity index (χ2v) is 5.03. The molecule has 1 aromatic heterocycles. The number of thioether (sulfide) groups is 1. The van der Waals surface area contributed by atoms with E-state index in [-0.39, 0.29) is 18.3 Å². The van der Waals surface area contributed by atoms with Crippen LogP contribution in [-0.2, 0) is 6.42 Å². The molecule has 0 saturated heterocycles. The van der Waals surface area contributed by atoms with E-state index in [0.717, 1.165) is 36.6 Å². The number of aryl methyl sites for hydroxylation is 1. The fourth-order valence-electron chi connectivity index (χ4n) is 1.33. The Morgan fingerprint density at radius 1 is 1.50 bits per heavy atom. The topological polar surface area (TPSA) is 90.9 Å². The highest BCUT2D eigenvalue weighted by Crippen LogP contribution is 2.00. The monoisotopic (exact) mass is 272 g/mol. The van der Waals surface area contributed by atoms with E-state index in [2.05, 4.69) is 20.5 Å². The van der Waals surface area contributed by atoms with Crippen molar-refractivity contribution in [1.29, 1.82) is 0 Å². The van der Waals surface area contributed by atoms with Gasteiger partial charge < -0.3 is 10.4 Å². The zero-order valence-corrected chi connectivity index (χ0v) is 11.4. The molecule has 0 aliphatic rings. The third kappa shape index (κ3) is 5.50. The Hall–Kier alpha value is -1.08. The lowest BCUT2D eigenvalue weighted by atomic mass is 10.3. The van der Waals surface area contributed by atoms with E-state index in [0.29, 0.717) is 6.54 Å². The SMILES string of the molecule is CCCc1nc(C(=O)NCCSCCCO)n[nH]1. The average Bonchev–Trinajstić information content (AvgIpc) is 2.82. The molecule has 6 nitrogen and oxygen atoms in total. The van der Waals surface area contributed by atoms with E-state index in [1.165, 1.54) is 0 Å². The van der Waals surface area contributed by atoms with Gasteiger partial charge in [-0.15, -0.1) is 5.10 Å². The Morgan fingerprint density at radius 3 is 3.06 bits per heavy atom. The maximum absolute atomic E-state index is 11.6. The smallest absolute Gasteiger partial charge is 0.290 e. The van der Waals surface area contributed by atoms with Gasteiger partial charge in [0.25, 0.3) is 5.91 Å². The first-order valence-corrected chi connectivity index (χ1v) is 7.31. The van der Waals surface area contributed by atoms with Crippen molar-refractivity contribution in [3.05, 3.63) is 11.6 Å². The van der Waals surface area contributed by atoms with Crippen molar-refractivity contribution < 1.29 is 9.90 Å². The predicted molar refractivity (Wildman–Crippen MR) is 71.7 cm³/mol. The maximum Gasteiger partial charge on any atom is 0.290 e. The number of rotatable bonds is 9. The fourth-order valence-corrected chi connectivity index (χ4v) is 2.11. The highest BCUT2D eigenvalue weighted by Gasteiger charge is 2.10. The van der Waals surface area contributed by atoms with Gasteiger partial charge in [0.05, 0.1) is 0 Å². The minimum Gasteiger partial charge on any atom is -0.396 e. The molecule has 3 N–H and O–H groups in total. The van der Waals surface area contributed by atoms with Crippen molar-refractivity contribution >= 4 is 17.7 Å². The summed E-state index contributed by atoms with van der Waals surface area (Å²) in [5.41, 5.74) is 0. The summed E-state index contributed by atoms with van der Waals surface area (Å²) in [4.78, 5) is 15.8. The Labute approximate surface area is 111 Å². The molecular formula is C11H20N4O2S. The Bertz CT molecular complexity index is 357. The zero-order valence-electron chi connectivity index (χ0n) is 10.6. The van der Waals surface area contributed by atoms with Crippen LogP contribution in [0.1, 0.15) is 36.2 Å². The van der Waals surface area contributed by atoms with Crippen LogP contribution in [0.5, 0.6) is 0 Å². The lowest BCUT2D eigenvalue weighted by Crippen LogP contribution is -2.26. The van der Waals surface area contributed by atoms with Gasteiger partial charge in [0.15, 0.2) is 0 Å². The van der Waals surface area contributed by atoms with Crippen molar-refractivity contribution in [1.82, 2.24) is 20.5 Å². The summed E-state index contributed by atoms with van der Waals surface area (Å²) in [7, 11) is 0. The number of amides is 1. The molecule has 0 spiro atoms. The first-order valence-electron chi connectivity index (χ1n) is 6.16. The third-order valence-corrected chi connectivity index (χ3v) is 3.27. The molecule has 18 heavy (non-hydrogen) atoms. The summed E-state index contributed by atoms with van der Waals surface area (Å²) in [6.07, 6.45) is 2.56. The van der Waals surface area contributed by atoms with Gasteiger partial charge in [-0.3, -0.25) is 9.89 Å². The van der Waals surface area contributed by atoms with E-state index in [4.69, 9.17) is 5.11 Å². The summed E-state index contributed by atoms with van der Waals surface area (Å²) in [5, 5.41) is 18.0. The largest absolute Gasteiger partial charge is 0.396 e. The predicted octanol–water partition coefficient (Wildman–Crippen LogP) is 0.603. The molecule has 1 heterocycles. The standard InChI is InChI=1S/C11H20N4O2S/c1-2-4-9-13-10(15-14-9)11(17)12-5-8-18-7-3-6-16/h16H,2-8H2,1H3,(H,12,17)(H,13,14,15). The van der Waals surface area contributed by atoms with Crippen LogP contribution in [0.3, 0.4) is 0 Å². The van der Waals surface area contributed by atoms with E-state index in [1.54, 1.807) is 11.8 Å². The summed E-state index contributed by atoms with van der Waals surface area (Å²) in [5.74, 6) is 2.46. The van der Waals surface area contributed by atoms with Crippen LogP contribution >= 0.6 is 11.8 Å². The number of aliphatic hydroxyl groups excluding tert-OH is 1. The number of aliphatic hydroxyl groups is 1. The summed E-state index contributed by atoms with van der Waals surface area (Å²) in [6.45, 7) is 2.86. The first-order chi connectivity index (χ1) is 8.77. The quantitative estimate of drug-likeness (QED) is 0.573. The summed E-state index contributed by atoms with van der Waals surface area (Å²) >= 11 is 1.70. The van der Waals surface area contributed by atoms with E-state index >= 15 is 0 Å². The first kappa shape index (κ1) is 15.0. The summed E-state index contributed by atoms with van der Waals surface area (Å²) < 4.78 is 0. The molecule has 102 valence electrons. The molecule has 0 fully saturated rings. The van der Waals surface area contributed by atoms with E-state index in [9.17, 15) is 4.79 Å².